The van der Waals surface area contributed by atoms with Crippen LogP contribution in [-0.2, 0) is 4.79 Å². The summed E-state index contributed by atoms with van der Waals surface area (Å²) in [4.78, 5) is 27.3. The Bertz CT molecular complexity index is 509. The largest absolute Gasteiger partial charge is 0.368 e. The van der Waals surface area contributed by atoms with E-state index >= 15 is 0 Å². The predicted molar refractivity (Wildman–Crippen MR) is 80.8 cm³/mol. The smallest absolute Gasteiger partial charge is 0.321 e. The van der Waals surface area contributed by atoms with E-state index < -0.39 is 18.0 Å². The molecule has 6 heteroatoms. The van der Waals surface area contributed by atoms with Crippen LogP contribution in [0.3, 0.4) is 0 Å². The van der Waals surface area contributed by atoms with Crippen LogP contribution in [0.15, 0.2) is 18.3 Å². The van der Waals surface area contributed by atoms with Crippen molar-refractivity contribution in [2.24, 2.45) is 11.7 Å². The van der Waals surface area contributed by atoms with Crippen molar-refractivity contribution in [3.63, 3.8) is 0 Å². The minimum absolute atomic E-state index is 0.0674. The zero-order valence-corrected chi connectivity index (χ0v) is 12.4. The third-order valence-electron chi connectivity index (χ3n) is 3.86. The van der Waals surface area contributed by atoms with Crippen molar-refractivity contribution in [1.82, 2.24) is 10.3 Å². The van der Waals surface area contributed by atoms with Gasteiger partial charge in [0.25, 0.3) is 0 Å². The van der Waals surface area contributed by atoms with Crippen molar-refractivity contribution in [2.75, 3.05) is 5.32 Å². The second-order valence-electron chi connectivity index (χ2n) is 5.83. The highest BCUT2D eigenvalue weighted by Gasteiger charge is 2.22. The van der Waals surface area contributed by atoms with Crippen LogP contribution in [0, 0.1) is 5.92 Å². The van der Waals surface area contributed by atoms with Crippen LogP contribution >= 0.6 is 0 Å². The van der Waals surface area contributed by atoms with Gasteiger partial charge >= 0.3 is 6.03 Å². The van der Waals surface area contributed by atoms with Crippen LogP contribution in [0.5, 0.6) is 0 Å². The summed E-state index contributed by atoms with van der Waals surface area (Å²) in [6.07, 6.45) is 5.50. The lowest BCUT2D eigenvalue weighted by molar-refractivity contribution is -0.120. The fraction of sp³-hybridized carbons (Fsp3) is 0.533. The molecule has 0 aromatic carbocycles. The summed E-state index contributed by atoms with van der Waals surface area (Å²) in [7, 11) is 0. The van der Waals surface area contributed by atoms with Crippen LogP contribution in [0.1, 0.15) is 44.6 Å². The van der Waals surface area contributed by atoms with Gasteiger partial charge in [0, 0.05) is 6.20 Å². The summed E-state index contributed by atoms with van der Waals surface area (Å²) in [5, 5.41) is 5.17. The number of carbonyl (C=O) groups excluding carboxylic acids is 2. The Morgan fingerprint density at radius 2 is 2.05 bits per heavy atom. The number of anilines is 1. The van der Waals surface area contributed by atoms with Crippen molar-refractivity contribution in [1.29, 1.82) is 0 Å². The minimum atomic E-state index is -0.695. The Morgan fingerprint density at radius 3 is 2.48 bits per heavy atom. The van der Waals surface area contributed by atoms with Crippen LogP contribution < -0.4 is 16.4 Å². The number of pyridine rings is 1. The lowest BCUT2D eigenvalue weighted by Gasteiger charge is -2.25. The summed E-state index contributed by atoms with van der Waals surface area (Å²) in [5.74, 6) is 0.457. The van der Waals surface area contributed by atoms with E-state index in [1.165, 1.54) is 24.8 Å². The number of nitrogens with one attached hydrogen (secondary N) is 2. The van der Waals surface area contributed by atoms with E-state index in [-0.39, 0.29) is 5.92 Å². The van der Waals surface area contributed by atoms with Gasteiger partial charge < -0.3 is 11.1 Å². The third kappa shape index (κ3) is 3.93. The van der Waals surface area contributed by atoms with E-state index in [1.807, 2.05) is 19.9 Å². The number of aromatic nitrogens is 1. The number of nitrogens with two attached hydrogens (primary N) is 1. The summed E-state index contributed by atoms with van der Waals surface area (Å²) in [6, 6.07) is 2.60. The molecule has 1 aromatic heterocycles. The van der Waals surface area contributed by atoms with Crippen LogP contribution in [0.4, 0.5) is 10.6 Å². The van der Waals surface area contributed by atoms with E-state index in [1.54, 1.807) is 12.3 Å². The molecule has 0 unspecified atom stereocenters. The SMILES string of the molecule is CC(C)[C@H](NC(=O)Nc1ccc(C2CCC2)cn1)C(N)=O. The second-order valence-corrected chi connectivity index (χ2v) is 5.83. The number of hydrogen-bond donors (Lipinski definition) is 3. The van der Waals surface area contributed by atoms with E-state index in [0.29, 0.717) is 11.7 Å². The maximum absolute atomic E-state index is 11.8. The summed E-state index contributed by atoms with van der Waals surface area (Å²) in [6.45, 7) is 3.64. The summed E-state index contributed by atoms with van der Waals surface area (Å²) < 4.78 is 0. The summed E-state index contributed by atoms with van der Waals surface area (Å²) >= 11 is 0. The molecule has 21 heavy (non-hydrogen) atoms. The fourth-order valence-corrected chi connectivity index (χ4v) is 2.32. The monoisotopic (exact) mass is 290 g/mol. The molecule has 1 aliphatic rings. The highest BCUT2D eigenvalue weighted by molar-refractivity contribution is 5.92. The molecule has 0 bridgehead atoms. The minimum Gasteiger partial charge on any atom is -0.368 e. The number of carbonyl (C=O) groups is 2. The molecule has 6 nitrogen and oxygen atoms in total. The number of nitrogens with zero attached hydrogens (tertiary/aromatic N) is 1. The molecular weight excluding hydrogens is 268 g/mol. The highest BCUT2D eigenvalue weighted by Crippen LogP contribution is 2.35. The van der Waals surface area contributed by atoms with Gasteiger partial charge in [0.05, 0.1) is 0 Å². The number of urea groups is 1. The maximum atomic E-state index is 11.8. The van der Waals surface area contributed by atoms with Crippen LogP contribution in [0.2, 0.25) is 0 Å². The maximum Gasteiger partial charge on any atom is 0.321 e. The third-order valence-corrected chi connectivity index (χ3v) is 3.86. The molecule has 0 radical (unpaired) electrons. The van der Waals surface area contributed by atoms with Gasteiger partial charge in [-0.05, 0) is 36.3 Å². The molecule has 0 saturated heterocycles. The van der Waals surface area contributed by atoms with Crippen molar-refractivity contribution < 1.29 is 9.59 Å². The number of amides is 3. The zero-order valence-electron chi connectivity index (χ0n) is 12.4. The zero-order chi connectivity index (χ0) is 15.4. The quantitative estimate of drug-likeness (QED) is 0.773. The predicted octanol–water partition coefficient (Wildman–Crippen LogP) is 1.98. The molecule has 4 N–H and O–H groups in total. The lowest BCUT2D eigenvalue weighted by atomic mass is 9.81. The number of hydrogen-bond acceptors (Lipinski definition) is 3. The van der Waals surface area contributed by atoms with Crippen molar-refractivity contribution in [3.8, 4) is 0 Å². The molecule has 1 aromatic rings. The van der Waals surface area contributed by atoms with Gasteiger partial charge in [-0.15, -0.1) is 0 Å². The van der Waals surface area contributed by atoms with E-state index in [9.17, 15) is 9.59 Å². The molecule has 1 atom stereocenters. The Hall–Kier alpha value is -2.11. The normalized spacial score (nSPS) is 16.1. The van der Waals surface area contributed by atoms with Crippen LogP contribution in [0.25, 0.3) is 0 Å². The first kappa shape index (κ1) is 15.3. The Balaban J connectivity index is 1.91. The molecule has 0 aliphatic heterocycles. The van der Waals surface area contributed by atoms with Crippen LogP contribution in [-0.4, -0.2) is 23.0 Å². The van der Waals surface area contributed by atoms with E-state index in [4.69, 9.17) is 5.73 Å². The van der Waals surface area contributed by atoms with E-state index in [0.717, 1.165) is 0 Å². The molecular formula is C15H22N4O2. The van der Waals surface area contributed by atoms with Gasteiger partial charge in [-0.25, -0.2) is 9.78 Å². The van der Waals surface area contributed by atoms with Gasteiger partial charge in [-0.1, -0.05) is 26.3 Å². The van der Waals surface area contributed by atoms with E-state index in [2.05, 4.69) is 15.6 Å². The van der Waals surface area contributed by atoms with Crippen molar-refractivity contribution >= 4 is 17.8 Å². The molecule has 1 saturated carbocycles. The standard InChI is InChI=1S/C15H22N4O2/c1-9(2)13(14(16)20)19-15(21)18-12-7-6-11(8-17-12)10-4-3-5-10/h6-10,13H,3-5H2,1-2H3,(H2,16,20)(H2,17,18,19,21)/t13-/m0/s1. The number of primary amides is 1. The van der Waals surface area contributed by atoms with Gasteiger partial charge in [0.2, 0.25) is 5.91 Å². The molecule has 0 spiro atoms. The highest BCUT2D eigenvalue weighted by atomic mass is 16.2. The van der Waals surface area contributed by atoms with Crippen molar-refractivity contribution in [2.45, 2.75) is 45.1 Å². The van der Waals surface area contributed by atoms with Gasteiger partial charge in [-0.2, -0.15) is 0 Å². The average Bonchev–Trinajstić information content (AvgIpc) is 2.35. The molecule has 3 amide bonds. The first-order chi connectivity index (χ1) is 9.97. The second kappa shape index (κ2) is 6.56. The molecule has 1 aliphatic carbocycles. The van der Waals surface area contributed by atoms with Gasteiger partial charge in [0.1, 0.15) is 11.9 Å². The number of rotatable bonds is 5. The first-order valence-corrected chi connectivity index (χ1v) is 7.30. The molecule has 114 valence electrons. The van der Waals surface area contributed by atoms with Gasteiger partial charge in [-0.3, -0.25) is 10.1 Å². The topological polar surface area (TPSA) is 97.1 Å². The Kier molecular flexibility index (Phi) is 4.77. The fourth-order valence-electron chi connectivity index (χ4n) is 2.32. The molecule has 2 rings (SSSR count). The van der Waals surface area contributed by atoms with Gasteiger partial charge in [0.15, 0.2) is 0 Å². The Labute approximate surface area is 124 Å². The molecule has 1 fully saturated rings. The average molecular weight is 290 g/mol. The molecule has 1 heterocycles. The summed E-state index contributed by atoms with van der Waals surface area (Å²) in [5.41, 5.74) is 6.47. The van der Waals surface area contributed by atoms with Crippen molar-refractivity contribution in [3.05, 3.63) is 23.9 Å². The Morgan fingerprint density at radius 1 is 1.33 bits per heavy atom. The first-order valence-electron chi connectivity index (χ1n) is 7.30. The lowest BCUT2D eigenvalue weighted by Crippen LogP contribution is -2.49.